The number of rotatable bonds is 7. The molecule has 170 valence electrons. The fourth-order valence-corrected chi connectivity index (χ4v) is 5.46. The molecule has 1 amide bonds. The fourth-order valence-electron chi connectivity index (χ4n) is 4.47. The summed E-state index contributed by atoms with van der Waals surface area (Å²) in [5.41, 5.74) is 4.74. The molecule has 0 aliphatic carbocycles. The summed E-state index contributed by atoms with van der Waals surface area (Å²) >= 11 is 1.48. The Hall–Kier alpha value is -3.16. The highest BCUT2D eigenvalue weighted by atomic mass is 32.1. The molecule has 1 aliphatic rings. The summed E-state index contributed by atoms with van der Waals surface area (Å²) in [7, 11) is 3.57. The second kappa shape index (κ2) is 9.37. The molecule has 5 rings (SSSR count). The number of benzene rings is 2. The lowest BCUT2D eigenvalue weighted by atomic mass is 10.00. The second-order valence-electron chi connectivity index (χ2n) is 8.44. The van der Waals surface area contributed by atoms with Crippen molar-refractivity contribution in [3.05, 3.63) is 70.6 Å². The molecule has 33 heavy (non-hydrogen) atoms. The van der Waals surface area contributed by atoms with Crippen molar-refractivity contribution >= 4 is 27.5 Å². The third kappa shape index (κ3) is 4.51. The smallest absolute Gasteiger partial charge is 0.261 e. The van der Waals surface area contributed by atoms with Gasteiger partial charge in [0.05, 0.1) is 12.0 Å². The number of thiophene rings is 1. The summed E-state index contributed by atoms with van der Waals surface area (Å²) in [6, 6.07) is 18.5. The average molecular weight is 461 g/mol. The number of amides is 1. The van der Waals surface area contributed by atoms with E-state index in [0.717, 1.165) is 59.7 Å². The number of carbonyl (C=O) groups excluding carboxylic acids is 1. The van der Waals surface area contributed by atoms with Gasteiger partial charge in [0.15, 0.2) is 0 Å². The van der Waals surface area contributed by atoms with Crippen molar-refractivity contribution in [2.45, 2.75) is 19.4 Å². The number of carbonyl (C=O) groups is 1. The summed E-state index contributed by atoms with van der Waals surface area (Å²) in [6.07, 6.45) is 2.05. The zero-order chi connectivity index (χ0) is 22.8. The average Bonchev–Trinajstić information content (AvgIpc) is 3.42. The number of aromatic nitrogens is 2. The van der Waals surface area contributed by atoms with Crippen LogP contribution >= 0.6 is 11.3 Å². The Morgan fingerprint density at radius 2 is 2.00 bits per heavy atom. The van der Waals surface area contributed by atoms with E-state index in [-0.39, 0.29) is 5.91 Å². The number of aryl methyl sites for hydroxylation is 1. The van der Waals surface area contributed by atoms with Gasteiger partial charge in [-0.05, 0) is 42.2 Å². The quantitative estimate of drug-likeness (QED) is 0.413. The van der Waals surface area contributed by atoms with Crippen LogP contribution in [0.25, 0.3) is 21.5 Å². The monoisotopic (exact) mass is 460 g/mol. The molecule has 0 unspecified atom stereocenters. The molecule has 0 radical (unpaired) electrons. The van der Waals surface area contributed by atoms with Crippen LogP contribution < -0.4 is 10.1 Å². The Kier molecular flexibility index (Phi) is 6.15. The largest absolute Gasteiger partial charge is 0.497 e. The highest BCUT2D eigenvalue weighted by Crippen LogP contribution is 2.34. The third-order valence-corrected chi connectivity index (χ3v) is 7.43. The Balaban J connectivity index is 1.20. The molecule has 3 heterocycles. The number of nitrogens with zero attached hydrogens (tertiary/aromatic N) is 3. The predicted octanol–water partition coefficient (Wildman–Crippen LogP) is 4.49. The first-order chi connectivity index (χ1) is 16.1. The van der Waals surface area contributed by atoms with Gasteiger partial charge in [-0.2, -0.15) is 5.10 Å². The van der Waals surface area contributed by atoms with Gasteiger partial charge in [0.25, 0.3) is 5.91 Å². The van der Waals surface area contributed by atoms with E-state index < -0.39 is 0 Å². The molecule has 1 aliphatic heterocycles. The Morgan fingerprint density at radius 3 is 2.85 bits per heavy atom. The highest BCUT2D eigenvalue weighted by Gasteiger charge is 2.19. The van der Waals surface area contributed by atoms with Crippen LogP contribution in [0, 0.1) is 0 Å². The van der Waals surface area contributed by atoms with Crippen molar-refractivity contribution in [1.29, 1.82) is 0 Å². The number of ether oxygens (including phenoxy) is 1. The summed E-state index contributed by atoms with van der Waals surface area (Å²) in [5, 5.41) is 8.77. The second-order valence-corrected chi connectivity index (χ2v) is 9.47. The minimum Gasteiger partial charge on any atom is -0.497 e. The Morgan fingerprint density at radius 1 is 1.15 bits per heavy atom. The number of methoxy groups -OCH3 is 1. The third-order valence-electron chi connectivity index (χ3n) is 6.22. The SMILES string of the molecule is COc1cccc(-c2nn(C)c3sc(C(=O)NCCCN4CCc5ccccc5C4)cc23)c1. The maximum atomic E-state index is 12.8. The molecule has 4 aromatic rings. The first-order valence-electron chi connectivity index (χ1n) is 11.3. The van der Waals surface area contributed by atoms with Crippen molar-refractivity contribution in [3.8, 4) is 17.0 Å². The first-order valence-corrected chi connectivity index (χ1v) is 12.1. The Bertz CT molecular complexity index is 1290. The van der Waals surface area contributed by atoms with Gasteiger partial charge in [-0.3, -0.25) is 14.4 Å². The minimum absolute atomic E-state index is 0.0169. The molecule has 0 fully saturated rings. The lowest BCUT2D eigenvalue weighted by Gasteiger charge is -2.28. The molecule has 0 spiro atoms. The maximum Gasteiger partial charge on any atom is 0.261 e. The molecule has 7 heteroatoms. The molecule has 6 nitrogen and oxygen atoms in total. The van der Waals surface area contributed by atoms with Crippen molar-refractivity contribution in [3.63, 3.8) is 0 Å². The molecule has 1 N–H and O–H groups in total. The number of hydrogen-bond acceptors (Lipinski definition) is 5. The first kappa shape index (κ1) is 21.7. The zero-order valence-electron chi connectivity index (χ0n) is 19.0. The summed E-state index contributed by atoms with van der Waals surface area (Å²) in [6.45, 7) is 3.75. The van der Waals surface area contributed by atoms with E-state index in [1.807, 2.05) is 42.1 Å². The highest BCUT2D eigenvalue weighted by molar-refractivity contribution is 7.20. The van der Waals surface area contributed by atoms with Gasteiger partial charge < -0.3 is 10.1 Å². The lowest BCUT2D eigenvalue weighted by molar-refractivity contribution is 0.0955. The van der Waals surface area contributed by atoms with Gasteiger partial charge in [0, 0.05) is 44.2 Å². The molecule has 0 atom stereocenters. The van der Waals surface area contributed by atoms with Crippen LogP contribution in [-0.2, 0) is 20.0 Å². The van der Waals surface area contributed by atoms with Crippen molar-refractivity contribution in [2.24, 2.45) is 7.05 Å². The van der Waals surface area contributed by atoms with Gasteiger partial charge in [0.2, 0.25) is 0 Å². The van der Waals surface area contributed by atoms with E-state index in [9.17, 15) is 4.79 Å². The molecule has 0 saturated heterocycles. The molecule has 2 aromatic heterocycles. The number of nitrogens with one attached hydrogen (secondary N) is 1. The predicted molar refractivity (Wildman–Crippen MR) is 133 cm³/mol. The molecular formula is C26H28N4O2S. The van der Waals surface area contributed by atoms with Crippen LogP contribution in [0.3, 0.4) is 0 Å². The molecular weight excluding hydrogens is 432 g/mol. The molecule has 0 bridgehead atoms. The van der Waals surface area contributed by atoms with Crippen molar-refractivity contribution in [1.82, 2.24) is 20.0 Å². The van der Waals surface area contributed by atoms with E-state index in [1.165, 1.54) is 22.5 Å². The number of hydrogen-bond donors (Lipinski definition) is 1. The van der Waals surface area contributed by atoms with E-state index in [4.69, 9.17) is 4.74 Å². The van der Waals surface area contributed by atoms with E-state index in [1.54, 1.807) is 7.11 Å². The van der Waals surface area contributed by atoms with E-state index in [2.05, 4.69) is 39.6 Å². The maximum absolute atomic E-state index is 12.8. The van der Waals surface area contributed by atoms with Crippen LogP contribution in [0.15, 0.2) is 54.6 Å². The van der Waals surface area contributed by atoms with Crippen molar-refractivity contribution in [2.75, 3.05) is 26.7 Å². The fraction of sp³-hybridized carbons (Fsp3) is 0.308. The van der Waals surface area contributed by atoms with E-state index in [0.29, 0.717) is 11.4 Å². The molecule has 2 aromatic carbocycles. The zero-order valence-corrected chi connectivity index (χ0v) is 19.8. The number of fused-ring (bicyclic) bond motifs is 2. The van der Waals surface area contributed by atoms with Crippen LogP contribution in [0.4, 0.5) is 0 Å². The van der Waals surface area contributed by atoms with Gasteiger partial charge in [0.1, 0.15) is 16.3 Å². The van der Waals surface area contributed by atoms with Crippen molar-refractivity contribution < 1.29 is 9.53 Å². The topological polar surface area (TPSA) is 59.4 Å². The standard InChI is InChI=1S/C26H28N4O2S/c1-29-26-22(24(28-29)19-9-5-10-21(15-19)32-2)16-23(33-26)25(31)27-12-6-13-30-14-11-18-7-3-4-8-20(18)17-30/h3-5,7-10,15-16H,6,11-14,17H2,1-2H3,(H,27,31). The molecule has 0 saturated carbocycles. The summed E-state index contributed by atoms with van der Waals surface area (Å²) < 4.78 is 7.20. The minimum atomic E-state index is -0.0169. The summed E-state index contributed by atoms with van der Waals surface area (Å²) in [5.74, 6) is 0.772. The summed E-state index contributed by atoms with van der Waals surface area (Å²) in [4.78, 5) is 17.0. The Labute approximate surface area is 197 Å². The van der Waals surface area contributed by atoms with E-state index >= 15 is 0 Å². The van der Waals surface area contributed by atoms with Gasteiger partial charge in [-0.15, -0.1) is 11.3 Å². The normalized spacial score (nSPS) is 13.8. The lowest BCUT2D eigenvalue weighted by Crippen LogP contribution is -2.33. The van der Waals surface area contributed by atoms with Crippen LogP contribution in [-0.4, -0.2) is 47.3 Å². The van der Waals surface area contributed by atoms with Crippen LogP contribution in [0.1, 0.15) is 27.2 Å². The van der Waals surface area contributed by atoms with Gasteiger partial charge in [-0.1, -0.05) is 36.4 Å². The van der Waals surface area contributed by atoms with Crippen LogP contribution in [0.5, 0.6) is 5.75 Å². The van der Waals surface area contributed by atoms with Gasteiger partial charge >= 0.3 is 0 Å². The van der Waals surface area contributed by atoms with Gasteiger partial charge in [-0.25, -0.2) is 0 Å². The van der Waals surface area contributed by atoms with Crippen LogP contribution in [0.2, 0.25) is 0 Å².